The molecule has 0 aliphatic heterocycles. The Morgan fingerprint density at radius 1 is 1.40 bits per heavy atom. The Balaban J connectivity index is 0. The second kappa shape index (κ2) is 8.27. The fourth-order valence-electron chi connectivity index (χ4n) is 0.295. The van der Waals surface area contributed by atoms with Crippen LogP contribution in [0.5, 0.6) is 0 Å². The number of hydrogen-bond acceptors (Lipinski definition) is 2. The van der Waals surface area contributed by atoms with E-state index in [0.717, 1.165) is 0 Å². The van der Waals surface area contributed by atoms with Crippen molar-refractivity contribution in [3.63, 3.8) is 0 Å². The van der Waals surface area contributed by atoms with Crippen LogP contribution in [0, 0.1) is 0 Å². The van der Waals surface area contributed by atoms with Gasteiger partial charge in [0.1, 0.15) is 0 Å². The number of carbonyl (C=O) groups excluding carboxylic acids is 1. The van der Waals surface area contributed by atoms with Gasteiger partial charge in [-0.2, -0.15) is 0 Å². The number of carbonyl (C=O) groups is 1. The molecule has 0 unspecified atom stereocenters. The van der Waals surface area contributed by atoms with Gasteiger partial charge in [-0.1, -0.05) is 13.8 Å². The lowest BCUT2D eigenvalue weighted by Crippen LogP contribution is -2.29. The minimum absolute atomic E-state index is 0.155. The van der Waals surface area contributed by atoms with Crippen molar-refractivity contribution in [2.45, 2.75) is 33.7 Å². The fourth-order valence-corrected chi connectivity index (χ4v) is 0.295. The Labute approximate surface area is 62.8 Å². The Morgan fingerprint density at radius 3 is 1.90 bits per heavy atom. The standard InChI is InChI=1S/C5H11NO2.C2H6/c1-4(2)6-5(7)8-3;1-2/h4H,1-3H3,(H,6,7);1-2H3. The van der Waals surface area contributed by atoms with Gasteiger partial charge in [-0.05, 0) is 13.8 Å². The first-order valence-corrected chi connectivity index (χ1v) is 3.51. The van der Waals surface area contributed by atoms with Gasteiger partial charge >= 0.3 is 6.09 Å². The van der Waals surface area contributed by atoms with Crippen LogP contribution in [0.15, 0.2) is 0 Å². The summed E-state index contributed by atoms with van der Waals surface area (Å²) < 4.78 is 4.31. The number of alkyl carbamates (subject to hydrolysis) is 1. The van der Waals surface area contributed by atoms with Crippen molar-refractivity contribution >= 4 is 6.09 Å². The van der Waals surface area contributed by atoms with Crippen LogP contribution >= 0.6 is 0 Å². The lowest BCUT2D eigenvalue weighted by atomic mass is 10.4. The highest BCUT2D eigenvalue weighted by Crippen LogP contribution is 1.77. The lowest BCUT2D eigenvalue weighted by molar-refractivity contribution is 0.168. The van der Waals surface area contributed by atoms with Crippen LogP contribution in [0.3, 0.4) is 0 Å². The average molecular weight is 147 g/mol. The number of hydrogen-bond donors (Lipinski definition) is 1. The first kappa shape index (κ1) is 12.0. The predicted octanol–water partition coefficient (Wildman–Crippen LogP) is 1.78. The van der Waals surface area contributed by atoms with Gasteiger partial charge in [-0.25, -0.2) is 4.79 Å². The molecule has 0 aliphatic rings. The summed E-state index contributed by atoms with van der Waals surface area (Å²) in [5.41, 5.74) is 0. The minimum atomic E-state index is -0.375. The summed E-state index contributed by atoms with van der Waals surface area (Å²) >= 11 is 0. The number of ether oxygens (including phenoxy) is 1. The van der Waals surface area contributed by atoms with Gasteiger partial charge in [0.05, 0.1) is 7.11 Å². The quantitative estimate of drug-likeness (QED) is 0.614. The molecule has 0 aromatic heterocycles. The van der Waals surface area contributed by atoms with E-state index in [1.54, 1.807) is 0 Å². The molecule has 1 amide bonds. The molecule has 0 fully saturated rings. The first-order chi connectivity index (χ1) is 4.66. The van der Waals surface area contributed by atoms with Crippen molar-refractivity contribution in [2.24, 2.45) is 0 Å². The van der Waals surface area contributed by atoms with Gasteiger partial charge in [0.15, 0.2) is 0 Å². The smallest absolute Gasteiger partial charge is 0.407 e. The van der Waals surface area contributed by atoms with Crippen LogP contribution in [-0.4, -0.2) is 19.2 Å². The molecule has 10 heavy (non-hydrogen) atoms. The van der Waals surface area contributed by atoms with Gasteiger partial charge < -0.3 is 10.1 Å². The number of nitrogens with one attached hydrogen (secondary N) is 1. The molecule has 0 aromatic rings. The monoisotopic (exact) mass is 147 g/mol. The van der Waals surface area contributed by atoms with Crippen molar-refractivity contribution in [3.05, 3.63) is 0 Å². The maximum Gasteiger partial charge on any atom is 0.407 e. The second-order valence-electron chi connectivity index (χ2n) is 1.79. The van der Waals surface area contributed by atoms with Gasteiger partial charge in [0.2, 0.25) is 0 Å². The van der Waals surface area contributed by atoms with Crippen LogP contribution in [0.4, 0.5) is 4.79 Å². The first-order valence-electron chi connectivity index (χ1n) is 3.51. The SMILES string of the molecule is CC.COC(=O)NC(C)C. The highest BCUT2D eigenvalue weighted by atomic mass is 16.5. The average Bonchev–Trinajstić information content (AvgIpc) is 1.91. The molecule has 0 saturated heterocycles. The van der Waals surface area contributed by atoms with E-state index < -0.39 is 0 Å². The summed E-state index contributed by atoms with van der Waals surface area (Å²) in [4.78, 5) is 10.3. The largest absolute Gasteiger partial charge is 0.453 e. The van der Waals surface area contributed by atoms with E-state index in [4.69, 9.17) is 0 Å². The maximum atomic E-state index is 10.3. The van der Waals surface area contributed by atoms with Gasteiger partial charge in [-0.3, -0.25) is 0 Å². The van der Waals surface area contributed by atoms with E-state index in [1.165, 1.54) is 7.11 Å². The highest BCUT2D eigenvalue weighted by molar-refractivity contribution is 5.67. The Hall–Kier alpha value is -0.730. The van der Waals surface area contributed by atoms with Crippen molar-refractivity contribution in [3.8, 4) is 0 Å². The second-order valence-corrected chi connectivity index (χ2v) is 1.79. The summed E-state index contributed by atoms with van der Waals surface area (Å²) in [6.45, 7) is 7.74. The third kappa shape index (κ3) is 10.3. The molecule has 3 heteroatoms. The molecule has 0 atom stereocenters. The lowest BCUT2D eigenvalue weighted by Gasteiger charge is -2.04. The number of amides is 1. The van der Waals surface area contributed by atoms with Crippen molar-refractivity contribution in [1.29, 1.82) is 0 Å². The molecule has 62 valence electrons. The fraction of sp³-hybridized carbons (Fsp3) is 0.857. The van der Waals surface area contributed by atoms with Gasteiger partial charge in [0.25, 0.3) is 0 Å². The zero-order valence-electron chi connectivity index (χ0n) is 7.39. The predicted molar refractivity (Wildman–Crippen MR) is 42.0 cm³/mol. The van der Waals surface area contributed by atoms with E-state index in [2.05, 4.69) is 10.1 Å². The molecular weight excluding hydrogens is 130 g/mol. The van der Waals surface area contributed by atoms with E-state index in [-0.39, 0.29) is 12.1 Å². The molecule has 3 nitrogen and oxygen atoms in total. The third-order valence-corrected chi connectivity index (χ3v) is 0.592. The number of methoxy groups -OCH3 is 1. The highest BCUT2D eigenvalue weighted by Gasteiger charge is 1.97. The molecule has 0 aliphatic carbocycles. The van der Waals surface area contributed by atoms with Crippen LogP contribution in [0.2, 0.25) is 0 Å². The zero-order chi connectivity index (χ0) is 8.57. The summed E-state index contributed by atoms with van der Waals surface area (Å²) in [6.07, 6.45) is -0.375. The molecular formula is C7H17NO2. The Bertz CT molecular complexity index is 81.7. The topological polar surface area (TPSA) is 38.3 Å². The minimum Gasteiger partial charge on any atom is -0.453 e. The summed E-state index contributed by atoms with van der Waals surface area (Å²) in [5, 5.41) is 2.53. The molecule has 0 heterocycles. The maximum absolute atomic E-state index is 10.3. The number of rotatable bonds is 1. The van der Waals surface area contributed by atoms with Crippen LogP contribution < -0.4 is 5.32 Å². The van der Waals surface area contributed by atoms with Crippen LogP contribution in [0.25, 0.3) is 0 Å². The van der Waals surface area contributed by atoms with Gasteiger partial charge in [-0.15, -0.1) is 0 Å². The zero-order valence-corrected chi connectivity index (χ0v) is 7.39. The normalized spacial score (nSPS) is 7.80. The Kier molecular flexibility index (Phi) is 9.92. The molecule has 0 bridgehead atoms. The van der Waals surface area contributed by atoms with E-state index >= 15 is 0 Å². The molecule has 1 N–H and O–H groups in total. The molecule has 0 rings (SSSR count). The van der Waals surface area contributed by atoms with Crippen molar-refractivity contribution in [1.82, 2.24) is 5.32 Å². The molecule has 0 saturated carbocycles. The van der Waals surface area contributed by atoms with Gasteiger partial charge in [0, 0.05) is 6.04 Å². The third-order valence-electron chi connectivity index (χ3n) is 0.592. The van der Waals surface area contributed by atoms with E-state index in [9.17, 15) is 4.79 Å². The Morgan fingerprint density at radius 2 is 1.80 bits per heavy atom. The molecule has 0 spiro atoms. The van der Waals surface area contributed by atoms with Crippen LogP contribution in [0.1, 0.15) is 27.7 Å². The van der Waals surface area contributed by atoms with Crippen molar-refractivity contribution in [2.75, 3.05) is 7.11 Å². The summed E-state index contributed by atoms with van der Waals surface area (Å²) in [6, 6.07) is 0.155. The van der Waals surface area contributed by atoms with Crippen molar-refractivity contribution < 1.29 is 9.53 Å². The summed E-state index contributed by atoms with van der Waals surface area (Å²) in [5.74, 6) is 0. The summed E-state index contributed by atoms with van der Waals surface area (Å²) in [7, 11) is 1.34. The van der Waals surface area contributed by atoms with E-state index in [1.807, 2.05) is 27.7 Å². The van der Waals surface area contributed by atoms with E-state index in [0.29, 0.717) is 0 Å². The van der Waals surface area contributed by atoms with Crippen LogP contribution in [-0.2, 0) is 4.74 Å². The molecule has 0 radical (unpaired) electrons. The molecule has 0 aromatic carbocycles.